The Kier molecular flexibility index (Phi) is 5.35. The van der Waals surface area contributed by atoms with Gasteiger partial charge in [-0.2, -0.15) is 5.10 Å². The number of hydrogen-bond acceptors (Lipinski definition) is 4. The normalized spacial score (nSPS) is 15.8. The van der Waals surface area contributed by atoms with Gasteiger partial charge in [0.25, 0.3) is 0 Å². The van der Waals surface area contributed by atoms with E-state index in [0.29, 0.717) is 6.04 Å². The third-order valence-corrected chi connectivity index (χ3v) is 5.93. The lowest BCUT2D eigenvalue weighted by Crippen LogP contribution is -2.45. The molecule has 0 radical (unpaired) electrons. The van der Waals surface area contributed by atoms with E-state index in [1.807, 2.05) is 40.0 Å². The molecule has 0 aliphatic carbocycles. The quantitative estimate of drug-likeness (QED) is 0.643. The van der Waals surface area contributed by atoms with Crippen molar-refractivity contribution in [3.63, 3.8) is 0 Å². The van der Waals surface area contributed by atoms with Crippen molar-refractivity contribution in [3.05, 3.63) is 42.9 Å². The summed E-state index contributed by atoms with van der Waals surface area (Å²) in [6.45, 7) is 7.85. The largest absolute Gasteiger partial charge is 0.342 e. The number of carbonyl (C=O) groups is 1. The molecule has 0 spiro atoms. The fraction of sp³-hybridized carbons (Fsp3) is 0.478. The third kappa shape index (κ3) is 4.02. The molecular weight excluding hydrogens is 362 g/mol. The Labute approximate surface area is 172 Å². The SMILES string of the molecule is CCCC(C)(C)C(=O)N1CCC(n2cc(-c3cnc4ccccc4n3)cn2)CC1. The number of aromatic nitrogens is 4. The standard InChI is InChI=1S/C23H29N5O/c1-4-11-23(2,3)22(29)27-12-9-18(10-13-27)28-16-17(14-25-28)21-15-24-19-7-5-6-8-20(19)26-21/h5-8,14-16,18H,4,9-13H2,1-3H3. The molecule has 0 N–H and O–H groups in total. The number of hydrogen-bond donors (Lipinski definition) is 0. The fourth-order valence-electron chi connectivity index (χ4n) is 4.26. The molecule has 29 heavy (non-hydrogen) atoms. The van der Waals surface area contributed by atoms with Crippen LogP contribution in [0.5, 0.6) is 0 Å². The van der Waals surface area contributed by atoms with Crippen molar-refractivity contribution in [2.24, 2.45) is 5.41 Å². The Bertz CT molecular complexity index is 1000. The van der Waals surface area contributed by atoms with Crippen molar-refractivity contribution in [2.75, 3.05) is 13.1 Å². The van der Waals surface area contributed by atoms with Crippen LogP contribution < -0.4 is 0 Å². The summed E-state index contributed by atoms with van der Waals surface area (Å²) in [4.78, 5) is 24.1. The molecule has 0 atom stereocenters. The van der Waals surface area contributed by atoms with Crippen LogP contribution in [0.15, 0.2) is 42.9 Å². The predicted molar refractivity (Wildman–Crippen MR) is 114 cm³/mol. The van der Waals surface area contributed by atoms with Crippen molar-refractivity contribution in [2.45, 2.75) is 52.5 Å². The van der Waals surface area contributed by atoms with E-state index in [4.69, 9.17) is 4.98 Å². The van der Waals surface area contributed by atoms with Crippen LogP contribution in [-0.4, -0.2) is 43.6 Å². The number of piperidine rings is 1. The summed E-state index contributed by atoms with van der Waals surface area (Å²) in [7, 11) is 0. The van der Waals surface area contributed by atoms with Gasteiger partial charge >= 0.3 is 0 Å². The summed E-state index contributed by atoms with van der Waals surface area (Å²) in [5.41, 5.74) is 3.33. The molecule has 1 aromatic carbocycles. The summed E-state index contributed by atoms with van der Waals surface area (Å²) < 4.78 is 2.03. The van der Waals surface area contributed by atoms with Gasteiger partial charge in [-0.3, -0.25) is 14.5 Å². The molecule has 152 valence electrons. The van der Waals surface area contributed by atoms with E-state index in [-0.39, 0.29) is 11.3 Å². The molecule has 6 heteroatoms. The van der Waals surface area contributed by atoms with E-state index in [1.165, 1.54) is 0 Å². The van der Waals surface area contributed by atoms with Gasteiger partial charge in [0, 0.05) is 30.3 Å². The Balaban J connectivity index is 1.43. The molecule has 2 aromatic heterocycles. The molecule has 0 bridgehead atoms. The smallest absolute Gasteiger partial charge is 0.228 e. The first-order chi connectivity index (χ1) is 14.0. The summed E-state index contributed by atoms with van der Waals surface area (Å²) >= 11 is 0. The van der Waals surface area contributed by atoms with Gasteiger partial charge in [-0.15, -0.1) is 0 Å². The van der Waals surface area contributed by atoms with E-state index in [9.17, 15) is 4.79 Å². The van der Waals surface area contributed by atoms with Crippen LogP contribution in [0, 0.1) is 5.41 Å². The lowest BCUT2D eigenvalue weighted by Gasteiger charge is -2.37. The number of rotatable bonds is 5. The van der Waals surface area contributed by atoms with E-state index >= 15 is 0 Å². The topological polar surface area (TPSA) is 63.9 Å². The van der Waals surface area contributed by atoms with Crippen molar-refractivity contribution >= 4 is 16.9 Å². The highest BCUT2D eigenvalue weighted by Crippen LogP contribution is 2.30. The highest BCUT2D eigenvalue weighted by Gasteiger charge is 2.33. The third-order valence-electron chi connectivity index (χ3n) is 5.93. The van der Waals surface area contributed by atoms with Gasteiger partial charge in [0.2, 0.25) is 5.91 Å². The van der Waals surface area contributed by atoms with Crippen molar-refractivity contribution < 1.29 is 4.79 Å². The second kappa shape index (κ2) is 7.93. The number of carbonyl (C=O) groups excluding carboxylic acids is 1. The first kappa shape index (κ1) is 19.6. The Morgan fingerprint density at radius 1 is 1.14 bits per heavy atom. The maximum Gasteiger partial charge on any atom is 0.228 e. The Hall–Kier alpha value is -2.76. The molecule has 1 aliphatic rings. The predicted octanol–water partition coefficient (Wildman–Crippen LogP) is 4.48. The zero-order chi connectivity index (χ0) is 20.4. The van der Waals surface area contributed by atoms with E-state index in [0.717, 1.165) is 61.1 Å². The second-order valence-electron chi connectivity index (χ2n) is 8.61. The average Bonchev–Trinajstić information content (AvgIpc) is 3.23. The van der Waals surface area contributed by atoms with Crippen molar-refractivity contribution in [3.8, 4) is 11.3 Å². The lowest BCUT2D eigenvalue weighted by molar-refractivity contribution is -0.142. The second-order valence-corrected chi connectivity index (χ2v) is 8.61. The maximum atomic E-state index is 12.8. The molecule has 3 heterocycles. The molecule has 1 amide bonds. The molecule has 1 aliphatic heterocycles. The van der Waals surface area contributed by atoms with Gasteiger partial charge in [-0.25, -0.2) is 4.98 Å². The molecule has 0 unspecified atom stereocenters. The zero-order valence-electron chi connectivity index (χ0n) is 17.5. The Morgan fingerprint density at radius 2 is 1.86 bits per heavy atom. The van der Waals surface area contributed by atoms with E-state index < -0.39 is 0 Å². The summed E-state index contributed by atoms with van der Waals surface area (Å²) in [5, 5.41) is 4.59. The number of fused-ring (bicyclic) bond motifs is 1. The zero-order valence-corrected chi connectivity index (χ0v) is 17.5. The highest BCUT2D eigenvalue weighted by molar-refractivity contribution is 5.82. The number of para-hydroxylation sites is 2. The first-order valence-corrected chi connectivity index (χ1v) is 10.5. The van der Waals surface area contributed by atoms with Crippen LogP contribution in [0.25, 0.3) is 22.3 Å². The van der Waals surface area contributed by atoms with Crippen molar-refractivity contribution in [1.29, 1.82) is 0 Å². The summed E-state index contributed by atoms with van der Waals surface area (Å²) in [6.07, 6.45) is 9.55. The molecule has 6 nitrogen and oxygen atoms in total. The molecule has 3 aromatic rings. The van der Waals surface area contributed by atoms with Crippen LogP contribution in [-0.2, 0) is 4.79 Å². The fourth-order valence-corrected chi connectivity index (χ4v) is 4.26. The van der Waals surface area contributed by atoms with Crippen LogP contribution in [0.4, 0.5) is 0 Å². The maximum absolute atomic E-state index is 12.8. The van der Waals surface area contributed by atoms with Gasteiger partial charge in [0.1, 0.15) is 0 Å². The van der Waals surface area contributed by atoms with Gasteiger partial charge < -0.3 is 4.90 Å². The van der Waals surface area contributed by atoms with Crippen LogP contribution in [0.3, 0.4) is 0 Å². The van der Waals surface area contributed by atoms with Gasteiger partial charge in [-0.05, 0) is 31.4 Å². The van der Waals surface area contributed by atoms with Crippen LogP contribution >= 0.6 is 0 Å². The number of amides is 1. The minimum atomic E-state index is -0.269. The highest BCUT2D eigenvalue weighted by atomic mass is 16.2. The summed E-state index contributed by atoms with van der Waals surface area (Å²) in [5.74, 6) is 0.283. The average molecular weight is 392 g/mol. The first-order valence-electron chi connectivity index (χ1n) is 10.5. The molecular formula is C23H29N5O. The van der Waals surface area contributed by atoms with Gasteiger partial charge in [-0.1, -0.05) is 39.3 Å². The van der Waals surface area contributed by atoms with Crippen molar-refractivity contribution in [1.82, 2.24) is 24.6 Å². The monoisotopic (exact) mass is 391 g/mol. The van der Waals surface area contributed by atoms with Crippen LogP contribution in [0.2, 0.25) is 0 Å². The minimum absolute atomic E-state index is 0.269. The molecule has 4 rings (SSSR count). The molecule has 1 saturated heterocycles. The number of nitrogens with zero attached hydrogens (tertiary/aromatic N) is 5. The molecule has 0 saturated carbocycles. The van der Waals surface area contributed by atoms with Gasteiger partial charge in [0.05, 0.1) is 35.2 Å². The van der Waals surface area contributed by atoms with Crippen LogP contribution in [0.1, 0.15) is 52.5 Å². The molecule has 1 fully saturated rings. The van der Waals surface area contributed by atoms with E-state index in [2.05, 4.69) is 37.1 Å². The lowest BCUT2D eigenvalue weighted by atomic mass is 9.85. The minimum Gasteiger partial charge on any atom is -0.342 e. The summed E-state index contributed by atoms with van der Waals surface area (Å²) in [6, 6.07) is 8.20. The number of likely N-dealkylation sites (tertiary alicyclic amines) is 1. The van der Waals surface area contributed by atoms with E-state index in [1.54, 1.807) is 6.20 Å². The van der Waals surface area contributed by atoms with Gasteiger partial charge in [0.15, 0.2) is 0 Å². The Morgan fingerprint density at radius 3 is 2.59 bits per heavy atom. The number of benzene rings is 1.